The molecule has 0 bridgehead atoms. The molecule has 2 fully saturated rings. The molecular weight excluding hydrogens is 234 g/mol. The Hall–Kier alpha value is -1.51. The third kappa shape index (κ3) is 2.46. The molecule has 19 heavy (non-hydrogen) atoms. The van der Waals surface area contributed by atoms with Gasteiger partial charge in [0.25, 0.3) is 0 Å². The minimum absolute atomic E-state index is 0.451. The number of nitrogens with zero attached hydrogens (tertiary/aromatic N) is 1. The lowest BCUT2D eigenvalue weighted by Gasteiger charge is -2.45. The third-order valence-electron chi connectivity index (χ3n) is 4.81. The number of anilines is 1. The lowest BCUT2D eigenvalue weighted by atomic mass is 9.63. The smallest absolute Gasteiger partial charge is 0.193 e. The average Bonchev–Trinajstić information content (AvgIpc) is 2.86. The number of rotatable bonds is 2. The van der Waals surface area contributed by atoms with Crippen molar-refractivity contribution in [3.63, 3.8) is 0 Å². The first-order valence-electron chi connectivity index (χ1n) is 7.35. The summed E-state index contributed by atoms with van der Waals surface area (Å²) >= 11 is 0. The highest BCUT2D eigenvalue weighted by atomic mass is 15.1. The Morgan fingerprint density at radius 2 is 2.11 bits per heavy atom. The van der Waals surface area contributed by atoms with Crippen LogP contribution in [0.15, 0.2) is 29.3 Å². The second-order valence-corrected chi connectivity index (χ2v) is 6.13. The summed E-state index contributed by atoms with van der Waals surface area (Å²) in [6.07, 6.45) is 7.99. The fraction of sp³-hybridized carbons (Fsp3) is 0.562. The first kappa shape index (κ1) is 12.5. The predicted molar refractivity (Wildman–Crippen MR) is 80.3 cm³/mol. The molecule has 1 aromatic rings. The van der Waals surface area contributed by atoms with Crippen LogP contribution in [0.3, 0.4) is 0 Å². The molecule has 2 saturated carbocycles. The van der Waals surface area contributed by atoms with Crippen LogP contribution in [-0.2, 0) is 0 Å². The molecule has 1 aromatic carbocycles. The largest absolute Gasteiger partial charge is 0.370 e. The maximum absolute atomic E-state index is 6.06. The van der Waals surface area contributed by atoms with Crippen LogP contribution in [0.2, 0.25) is 0 Å². The summed E-state index contributed by atoms with van der Waals surface area (Å²) in [5, 5.41) is 3.22. The van der Waals surface area contributed by atoms with Crippen LogP contribution in [0.4, 0.5) is 5.69 Å². The number of benzene rings is 1. The number of hydrogen-bond acceptors (Lipinski definition) is 1. The number of guanidine groups is 1. The van der Waals surface area contributed by atoms with E-state index in [2.05, 4.69) is 24.4 Å². The second kappa shape index (κ2) is 4.87. The molecule has 0 aromatic heterocycles. The van der Waals surface area contributed by atoms with Crippen LogP contribution >= 0.6 is 0 Å². The maximum atomic E-state index is 6.06. The normalized spacial score (nSPS) is 25.3. The average molecular weight is 257 g/mol. The van der Waals surface area contributed by atoms with Gasteiger partial charge in [0.1, 0.15) is 0 Å². The number of nitrogens with one attached hydrogen (secondary N) is 1. The van der Waals surface area contributed by atoms with Crippen molar-refractivity contribution in [2.45, 2.75) is 51.5 Å². The Morgan fingerprint density at radius 3 is 2.74 bits per heavy atom. The molecule has 102 valence electrons. The summed E-state index contributed by atoms with van der Waals surface area (Å²) in [7, 11) is 0. The summed E-state index contributed by atoms with van der Waals surface area (Å²) in [6.45, 7) is 2.08. The van der Waals surface area contributed by atoms with Crippen molar-refractivity contribution in [2.75, 3.05) is 5.32 Å². The fourth-order valence-corrected chi connectivity index (χ4v) is 3.62. The molecule has 3 N–H and O–H groups in total. The Labute approximate surface area is 115 Å². The van der Waals surface area contributed by atoms with Crippen LogP contribution in [0.1, 0.15) is 44.1 Å². The monoisotopic (exact) mass is 257 g/mol. The van der Waals surface area contributed by atoms with Gasteiger partial charge in [-0.2, -0.15) is 0 Å². The van der Waals surface area contributed by atoms with Crippen LogP contribution in [-0.4, -0.2) is 12.0 Å². The molecule has 1 unspecified atom stereocenters. The topological polar surface area (TPSA) is 50.4 Å². The molecule has 3 nitrogen and oxygen atoms in total. The third-order valence-corrected chi connectivity index (χ3v) is 4.81. The highest BCUT2D eigenvalue weighted by Crippen LogP contribution is 2.54. The number of nitrogens with two attached hydrogens (primary N) is 1. The van der Waals surface area contributed by atoms with E-state index in [1.54, 1.807) is 0 Å². The van der Waals surface area contributed by atoms with Gasteiger partial charge in [-0.3, -0.25) is 0 Å². The van der Waals surface area contributed by atoms with Gasteiger partial charge in [-0.25, -0.2) is 4.99 Å². The fourth-order valence-electron chi connectivity index (χ4n) is 3.62. The van der Waals surface area contributed by atoms with Crippen molar-refractivity contribution in [3.05, 3.63) is 29.8 Å². The molecule has 1 atom stereocenters. The van der Waals surface area contributed by atoms with Gasteiger partial charge in [0.2, 0.25) is 0 Å². The van der Waals surface area contributed by atoms with E-state index in [0.717, 1.165) is 5.69 Å². The molecule has 3 heteroatoms. The number of aryl methyl sites for hydroxylation is 1. The van der Waals surface area contributed by atoms with Gasteiger partial charge in [0, 0.05) is 5.69 Å². The Morgan fingerprint density at radius 1 is 1.32 bits per heavy atom. The number of aliphatic imine (C=N–C) groups is 1. The Bertz CT molecular complexity index is 487. The van der Waals surface area contributed by atoms with Crippen molar-refractivity contribution < 1.29 is 0 Å². The Kier molecular flexibility index (Phi) is 3.21. The molecule has 0 amide bonds. The van der Waals surface area contributed by atoms with E-state index >= 15 is 0 Å². The Balaban J connectivity index is 1.67. The zero-order valence-corrected chi connectivity index (χ0v) is 11.7. The zero-order valence-electron chi connectivity index (χ0n) is 11.7. The maximum Gasteiger partial charge on any atom is 0.193 e. The van der Waals surface area contributed by atoms with E-state index in [-0.39, 0.29) is 0 Å². The quantitative estimate of drug-likeness (QED) is 0.630. The van der Waals surface area contributed by atoms with Crippen molar-refractivity contribution in [1.29, 1.82) is 0 Å². The molecule has 0 saturated heterocycles. The van der Waals surface area contributed by atoms with Gasteiger partial charge >= 0.3 is 0 Å². The predicted octanol–water partition coefficient (Wildman–Crippen LogP) is 3.44. The van der Waals surface area contributed by atoms with Crippen molar-refractivity contribution in [1.82, 2.24) is 0 Å². The number of hydrogen-bond donors (Lipinski definition) is 2. The lowest BCUT2D eigenvalue weighted by molar-refractivity contribution is 0.104. The highest BCUT2D eigenvalue weighted by molar-refractivity contribution is 5.92. The van der Waals surface area contributed by atoms with Crippen LogP contribution in [0.5, 0.6) is 0 Å². The molecule has 0 aliphatic heterocycles. The molecule has 1 spiro atoms. The van der Waals surface area contributed by atoms with Gasteiger partial charge < -0.3 is 11.1 Å². The summed E-state index contributed by atoms with van der Waals surface area (Å²) in [5.74, 6) is 0.571. The van der Waals surface area contributed by atoms with Crippen molar-refractivity contribution >= 4 is 11.6 Å². The van der Waals surface area contributed by atoms with Crippen LogP contribution < -0.4 is 11.1 Å². The van der Waals surface area contributed by atoms with Gasteiger partial charge in [-0.05, 0) is 55.7 Å². The van der Waals surface area contributed by atoms with Gasteiger partial charge in [-0.15, -0.1) is 0 Å². The van der Waals surface area contributed by atoms with E-state index < -0.39 is 0 Å². The first-order chi connectivity index (χ1) is 9.18. The summed E-state index contributed by atoms with van der Waals surface area (Å²) in [4.78, 5) is 4.73. The highest BCUT2D eigenvalue weighted by Gasteiger charge is 2.48. The minimum atomic E-state index is 0.451. The summed E-state index contributed by atoms with van der Waals surface area (Å²) < 4.78 is 0. The van der Waals surface area contributed by atoms with Gasteiger partial charge in [0.05, 0.1) is 6.04 Å². The van der Waals surface area contributed by atoms with E-state index in [0.29, 0.717) is 17.4 Å². The van der Waals surface area contributed by atoms with E-state index in [4.69, 9.17) is 10.7 Å². The van der Waals surface area contributed by atoms with Gasteiger partial charge in [-0.1, -0.05) is 25.0 Å². The molecule has 3 rings (SSSR count). The molecule has 0 radical (unpaired) electrons. The van der Waals surface area contributed by atoms with Gasteiger partial charge in [0.15, 0.2) is 5.96 Å². The summed E-state index contributed by atoms with van der Waals surface area (Å²) in [6, 6.07) is 8.69. The molecule has 2 aliphatic rings. The first-order valence-corrected chi connectivity index (χ1v) is 7.35. The zero-order chi connectivity index (χ0) is 13.3. The van der Waals surface area contributed by atoms with E-state index in [1.807, 2.05) is 12.1 Å². The van der Waals surface area contributed by atoms with Crippen molar-refractivity contribution in [2.24, 2.45) is 16.1 Å². The summed E-state index contributed by atoms with van der Waals surface area (Å²) in [5.41, 5.74) is 8.81. The van der Waals surface area contributed by atoms with Crippen LogP contribution in [0.25, 0.3) is 0 Å². The standard InChI is InChI=1S/C16H23N3/c1-12-5-4-6-13(11-12)18-15(17)19-14-7-10-16(14)8-2-3-9-16/h4-6,11,14H,2-3,7-10H2,1H3,(H3,17,18,19). The molecule has 2 aliphatic carbocycles. The minimum Gasteiger partial charge on any atom is -0.370 e. The van der Waals surface area contributed by atoms with Crippen molar-refractivity contribution in [3.8, 4) is 0 Å². The lowest BCUT2D eigenvalue weighted by Crippen LogP contribution is -2.43. The molecular formula is C16H23N3. The molecule has 0 heterocycles. The SMILES string of the molecule is Cc1cccc(NC(N)=NC2CCC23CCCC3)c1. The second-order valence-electron chi connectivity index (χ2n) is 6.13. The van der Waals surface area contributed by atoms with E-state index in [9.17, 15) is 0 Å². The van der Waals surface area contributed by atoms with Crippen LogP contribution in [0, 0.1) is 12.3 Å². The van der Waals surface area contributed by atoms with E-state index in [1.165, 1.54) is 44.1 Å².